The van der Waals surface area contributed by atoms with Gasteiger partial charge in [-0.2, -0.15) is 0 Å². The van der Waals surface area contributed by atoms with E-state index in [1.54, 1.807) is 26.4 Å². The van der Waals surface area contributed by atoms with Crippen molar-refractivity contribution in [2.24, 2.45) is 0 Å². The van der Waals surface area contributed by atoms with Crippen LogP contribution in [-0.4, -0.2) is 71.1 Å². The van der Waals surface area contributed by atoms with Crippen molar-refractivity contribution < 1.29 is 23.7 Å². The fourth-order valence-electron chi connectivity index (χ4n) is 2.38. The number of fused-ring (bicyclic) bond motifs is 1. The first kappa shape index (κ1) is 19.8. The Bertz CT molecular complexity index is 562. The molecule has 1 aromatic rings. The second-order valence-electron chi connectivity index (χ2n) is 5.64. The number of halogens is 1. The minimum atomic E-state index is -0.163. The van der Waals surface area contributed by atoms with Crippen molar-refractivity contribution in [3.8, 4) is 11.5 Å². The lowest BCUT2D eigenvalue weighted by atomic mass is 10.2. The maximum Gasteiger partial charge on any atom is 0.238 e. The van der Waals surface area contributed by atoms with Crippen LogP contribution in [0.1, 0.15) is 6.42 Å². The monoisotopic (exact) mass is 372 g/mol. The fourth-order valence-corrected chi connectivity index (χ4v) is 2.58. The summed E-state index contributed by atoms with van der Waals surface area (Å²) < 4.78 is 21.4. The molecule has 1 heterocycles. The van der Waals surface area contributed by atoms with Crippen LogP contribution in [0, 0.1) is 0 Å². The smallest absolute Gasteiger partial charge is 0.238 e. The van der Waals surface area contributed by atoms with Gasteiger partial charge in [-0.15, -0.1) is 0 Å². The Morgan fingerprint density at radius 1 is 1.16 bits per heavy atom. The van der Waals surface area contributed by atoms with Gasteiger partial charge in [-0.3, -0.25) is 9.69 Å². The second kappa shape index (κ2) is 10.5. The molecule has 1 aromatic carbocycles. The summed E-state index contributed by atoms with van der Waals surface area (Å²) in [5.41, 5.74) is 0.509. The van der Waals surface area contributed by atoms with E-state index in [1.165, 1.54) is 0 Å². The molecular formula is C17H25ClN2O5. The molecule has 1 aliphatic rings. The van der Waals surface area contributed by atoms with Gasteiger partial charge in [0.25, 0.3) is 0 Å². The number of hydrogen-bond acceptors (Lipinski definition) is 6. The first-order chi connectivity index (χ1) is 12.1. The molecule has 0 saturated carbocycles. The Balaban J connectivity index is 1.99. The number of benzene rings is 1. The Hall–Kier alpha value is -1.54. The Kier molecular flexibility index (Phi) is 8.27. The fraction of sp³-hybridized carbons (Fsp3) is 0.588. The number of anilines is 1. The molecule has 0 radical (unpaired) electrons. The van der Waals surface area contributed by atoms with E-state index in [2.05, 4.69) is 5.32 Å². The number of hydrogen-bond donors (Lipinski definition) is 1. The zero-order valence-electron chi connectivity index (χ0n) is 14.7. The summed E-state index contributed by atoms with van der Waals surface area (Å²) in [6.07, 6.45) is 0.807. The normalized spacial score (nSPS) is 13.6. The van der Waals surface area contributed by atoms with Crippen molar-refractivity contribution in [3.05, 3.63) is 17.2 Å². The lowest BCUT2D eigenvalue weighted by molar-refractivity contribution is -0.117. The Morgan fingerprint density at radius 2 is 1.76 bits per heavy atom. The minimum absolute atomic E-state index is 0.163. The van der Waals surface area contributed by atoms with Crippen molar-refractivity contribution in [2.45, 2.75) is 6.42 Å². The molecule has 1 aliphatic heterocycles. The first-order valence-electron chi connectivity index (χ1n) is 8.23. The molecular weight excluding hydrogens is 348 g/mol. The van der Waals surface area contributed by atoms with E-state index in [-0.39, 0.29) is 12.5 Å². The maximum atomic E-state index is 12.4. The highest BCUT2D eigenvalue weighted by molar-refractivity contribution is 6.34. The van der Waals surface area contributed by atoms with Crippen molar-refractivity contribution in [2.75, 3.05) is 65.6 Å². The van der Waals surface area contributed by atoms with Crippen molar-refractivity contribution in [1.82, 2.24) is 4.90 Å². The highest BCUT2D eigenvalue weighted by atomic mass is 35.5. The second-order valence-corrected chi connectivity index (χ2v) is 6.05. The van der Waals surface area contributed by atoms with Crippen LogP contribution >= 0.6 is 11.6 Å². The van der Waals surface area contributed by atoms with Crippen molar-refractivity contribution in [1.29, 1.82) is 0 Å². The number of ether oxygens (including phenoxy) is 4. The number of nitrogens with one attached hydrogen (secondary N) is 1. The van der Waals surface area contributed by atoms with Crippen LogP contribution in [-0.2, 0) is 14.3 Å². The van der Waals surface area contributed by atoms with Gasteiger partial charge >= 0.3 is 0 Å². The summed E-state index contributed by atoms with van der Waals surface area (Å²) in [6, 6.07) is 3.38. The zero-order chi connectivity index (χ0) is 18.1. The topological polar surface area (TPSA) is 69.3 Å². The van der Waals surface area contributed by atoms with E-state index >= 15 is 0 Å². The summed E-state index contributed by atoms with van der Waals surface area (Å²) in [7, 11) is 3.26. The van der Waals surface area contributed by atoms with E-state index in [4.69, 9.17) is 30.5 Å². The Labute approximate surface area is 153 Å². The lowest BCUT2D eigenvalue weighted by Crippen LogP contribution is -2.37. The van der Waals surface area contributed by atoms with Gasteiger partial charge < -0.3 is 24.3 Å². The zero-order valence-corrected chi connectivity index (χ0v) is 15.4. The van der Waals surface area contributed by atoms with Crippen LogP contribution in [0.4, 0.5) is 5.69 Å². The molecule has 0 aliphatic carbocycles. The highest BCUT2D eigenvalue weighted by Crippen LogP contribution is 2.37. The molecule has 1 N–H and O–H groups in total. The third kappa shape index (κ3) is 6.36. The van der Waals surface area contributed by atoms with Gasteiger partial charge in [0.1, 0.15) is 0 Å². The summed E-state index contributed by atoms with van der Waals surface area (Å²) in [4.78, 5) is 14.3. The standard InChI is InChI=1S/C17H25ClN2O5/c1-22-8-4-20(5-9-23-2)12-17(21)19-14-11-16-15(10-13(14)18)24-6-3-7-25-16/h10-11H,3-9,12H2,1-2H3,(H,19,21). The summed E-state index contributed by atoms with van der Waals surface area (Å²) in [6.45, 7) is 3.75. The van der Waals surface area contributed by atoms with E-state index < -0.39 is 0 Å². The average molecular weight is 373 g/mol. The van der Waals surface area contributed by atoms with Crippen LogP contribution in [0.5, 0.6) is 11.5 Å². The molecule has 25 heavy (non-hydrogen) atoms. The number of carbonyl (C=O) groups is 1. The molecule has 2 rings (SSSR count). The van der Waals surface area contributed by atoms with E-state index in [0.29, 0.717) is 61.7 Å². The molecule has 0 unspecified atom stereocenters. The average Bonchev–Trinajstić information content (AvgIpc) is 2.82. The predicted molar refractivity (Wildman–Crippen MR) is 95.9 cm³/mol. The molecule has 140 valence electrons. The molecule has 1 amide bonds. The summed E-state index contributed by atoms with van der Waals surface area (Å²) in [5.74, 6) is 1.03. The van der Waals surface area contributed by atoms with Gasteiger partial charge in [-0.1, -0.05) is 11.6 Å². The van der Waals surface area contributed by atoms with Gasteiger partial charge in [-0.05, 0) is 0 Å². The van der Waals surface area contributed by atoms with Crippen LogP contribution in [0.15, 0.2) is 12.1 Å². The quantitative estimate of drug-likeness (QED) is 0.715. The largest absolute Gasteiger partial charge is 0.490 e. The van der Waals surface area contributed by atoms with E-state index in [9.17, 15) is 4.79 Å². The third-order valence-electron chi connectivity index (χ3n) is 3.70. The van der Waals surface area contributed by atoms with Gasteiger partial charge in [0.2, 0.25) is 5.91 Å². The van der Waals surface area contributed by atoms with Crippen LogP contribution in [0.25, 0.3) is 0 Å². The first-order valence-corrected chi connectivity index (χ1v) is 8.61. The number of nitrogens with zero attached hydrogens (tertiary/aromatic N) is 1. The van der Waals surface area contributed by atoms with Crippen LogP contribution < -0.4 is 14.8 Å². The number of amides is 1. The summed E-state index contributed by atoms with van der Waals surface area (Å²) >= 11 is 6.26. The molecule has 0 bridgehead atoms. The van der Waals surface area contributed by atoms with Crippen molar-refractivity contribution >= 4 is 23.2 Å². The maximum absolute atomic E-state index is 12.4. The van der Waals surface area contributed by atoms with Gasteiger partial charge in [0, 0.05) is 45.9 Å². The number of carbonyl (C=O) groups excluding carboxylic acids is 1. The van der Waals surface area contributed by atoms with E-state index in [0.717, 1.165) is 6.42 Å². The minimum Gasteiger partial charge on any atom is -0.490 e. The van der Waals surface area contributed by atoms with Gasteiger partial charge in [0.05, 0.1) is 43.7 Å². The molecule has 7 nitrogen and oxygen atoms in total. The molecule has 8 heteroatoms. The van der Waals surface area contributed by atoms with E-state index in [1.807, 2.05) is 4.90 Å². The van der Waals surface area contributed by atoms with Gasteiger partial charge in [0.15, 0.2) is 11.5 Å². The lowest BCUT2D eigenvalue weighted by Gasteiger charge is -2.21. The summed E-state index contributed by atoms with van der Waals surface area (Å²) in [5, 5.41) is 3.25. The molecule has 0 aromatic heterocycles. The highest BCUT2D eigenvalue weighted by Gasteiger charge is 2.17. The van der Waals surface area contributed by atoms with Crippen LogP contribution in [0.2, 0.25) is 5.02 Å². The molecule has 0 spiro atoms. The SMILES string of the molecule is COCCN(CCOC)CC(=O)Nc1cc2c(cc1Cl)OCCCO2. The van der Waals surface area contributed by atoms with Crippen LogP contribution in [0.3, 0.4) is 0 Å². The number of rotatable bonds is 9. The van der Waals surface area contributed by atoms with Gasteiger partial charge in [-0.25, -0.2) is 0 Å². The Morgan fingerprint density at radius 3 is 2.36 bits per heavy atom. The number of methoxy groups -OCH3 is 2. The predicted octanol–water partition coefficient (Wildman–Crippen LogP) is 2.03. The third-order valence-corrected chi connectivity index (χ3v) is 4.01. The molecule has 0 saturated heterocycles. The molecule has 0 fully saturated rings. The van der Waals surface area contributed by atoms with Crippen molar-refractivity contribution in [3.63, 3.8) is 0 Å². The molecule has 0 atom stereocenters.